The minimum atomic E-state index is 0.405. The Balaban J connectivity index is 2.16. The third-order valence-corrected chi connectivity index (χ3v) is 3.38. The predicted molar refractivity (Wildman–Crippen MR) is 82.7 cm³/mol. The molecule has 0 atom stereocenters. The van der Waals surface area contributed by atoms with E-state index in [1.807, 2.05) is 30.3 Å². The van der Waals surface area contributed by atoms with Gasteiger partial charge in [-0.15, -0.1) is 0 Å². The molecule has 0 radical (unpaired) electrons. The molecule has 0 bridgehead atoms. The van der Waals surface area contributed by atoms with E-state index in [1.54, 1.807) is 19.1 Å². The number of hydrogen-bond acceptors (Lipinski definition) is 4. The number of aromatic nitrogens is 1. The average Bonchev–Trinajstić information content (AvgIpc) is 2.51. The van der Waals surface area contributed by atoms with Crippen molar-refractivity contribution in [2.75, 3.05) is 18.0 Å². The molecular weight excluding hydrogens is 264 g/mol. The standard InChI is InChI=1S/C16H21N4O/c1-4-19(5-2)15-11-9-14(10-12-15)17-18-16-8-6-7-13(3)20(16)21/h6-12,21H,4-5H2,1-3H3/q+1. The third-order valence-electron chi connectivity index (χ3n) is 3.38. The molecule has 1 N–H and O–H groups in total. The van der Waals surface area contributed by atoms with Crippen LogP contribution in [0.3, 0.4) is 0 Å². The van der Waals surface area contributed by atoms with Crippen molar-refractivity contribution >= 4 is 17.2 Å². The summed E-state index contributed by atoms with van der Waals surface area (Å²) in [5.41, 5.74) is 2.64. The molecule has 0 aliphatic heterocycles. The van der Waals surface area contributed by atoms with Gasteiger partial charge in [-0.05, 0) is 60.1 Å². The molecule has 0 saturated heterocycles. The first-order valence-electron chi connectivity index (χ1n) is 7.13. The summed E-state index contributed by atoms with van der Waals surface area (Å²) in [6.07, 6.45) is 0. The highest BCUT2D eigenvalue weighted by Gasteiger charge is 2.10. The molecule has 0 aliphatic carbocycles. The summed E-state index contributed by atoms with van der Waals surface area (Å²) in [5.74, 6) is 0.405. The normalized spacial score (nSPS) is 11.0. The van der Waals surface area contributed by atoms with E-state index in [1.165, 1.54) is 5.69 Å². The van der Waals surface area contributed by atoms with Gasteiger partial charge in [-0.25, -0.2) is 0 Å². The summed E-state index contributed by atoms with van der Waals surface area (Å²) in [5, 5.41) is 18.0. The van der Waals surface area contributed by atoms with Gasteiger partial charge >= 0.3 is 5.82 Å². The van der Waals surface area contributed by atoms with Crippen LogP contribution in [0.25, 0.3) is 0 Å². The maximum atomic E-state index is 9.81. The minimum absolute atomic E-state index is 0.405. The molecule has 2 rings (SSSR count). The van der Waals surface area contributed by atoms with Gasteiger partial charge in [0.2, 0.25) is 0 Å². The largest absolute Gasteiger partial charge is 0.388 e. The second kappa shape index (κ2) is 6.83. The Morgan fingerprint density at radius 2 is 1.67 bits per heavy atom. The maximum absolute atomic E-state index is 9.81. The van der Waals surface area contributed by atoms with Crippen LogP contribution in [0, 0.1) is 6.92 Å². The Hall–Kier alpha value is -2.43. The van der Waals surface area contributed by atoms with E-state index < -0.39 is 0 Å². The van der Waals surface area contributed by atoms with E-state index in [2.05, 4.69) is 29.0 Å². The van der Waals surface area contributed by atoms with E-state index in [4.69, 9.17) is 0 Å². The highest BCUT2D eigenvalue weighted by molar-refractivity contribution is 5.52. The van der Waals surface area contributed by atoms with Crippen LogP contribution >= 0.6 is 0 Å². The summed E-state index contributed by atoms with van der Waals surface area (Å²) in [4.78, 5) is 2.27. The van der Waals surface area contributed by atoms with E-state index in [-0.39, 0.29) is 0 Å². The first-order chi connectivity index (χ1) is 10.2. The number of rotatable bonds is 5. The van der Waals surface area contributed by atoms with Crippen LogP contribution in [0.1, 0.15) is 19.5 Å². The summed E-state index contributed by atoms with van der Waals surface area (Å²) in [6.45, 7) is 8.03. The zero-order chi connectivity index (χ0) is 15.2. The lowest BCUT2D eigenvalue weighted by molar-refractivity contribution is -0.898. The Kier molecular flexibility index (Phi) is 4.87. The lowest BCUT2D eigenvalue weighted by atomic mass is 10.2. The van der Waals surface area contributed by atoms with Gasteiger partial charge in [-0.2, -0.15) is 0 Å². The molecule has 1 heterocycles. The molecular formula is C16H21N4O+. The number of azo groups is 1. The maximum Gasteiger partial charge on any atom is 0.388 e. The van der Waals surface area contributed by atoms with Gasteiger partial charge in [-0.3, -0.25) is 0 Å². The van der Waals surface area contributed by atoms with Gasteiger partial charge in [-0.1, -0.05) is 0 Å². The molecule has 110 valence electrons. The molecule has 0 amide bonds. The van der Waals surface area contributed by atoms with Gasteiger partial charge in [0.05, 0.1) is 5.11 Å². The van der Waals surface area contributed by atoms with Crippen molar-refractivity contribution in [3.63, 3.8) is 0 Å². The fourth-order valence-corrected chi connectivity index (χ4v) is 2.10. The summed E-state index contributed by atoms with van der Waals surface area (Å²) >= 11 is 0. The highest BCUT2D eigenvalue weighted by Crippen LogP contribution is 2.21. The number of benzene rings is 1. The molecule has 1 aromatic carbocycles. The molecule has 5 heteroatoms. The quantitative estimate of drug-likeness (QED) is 0.516. The fourth-order valence-electron chi connectivity index (χ4n) is 2.10. The number of nitrogens with zero attached hydrogens (tertiary/aromatic N) is 4. The Labute approximate surface area is 125 Å². The van der Waals surface area contributed by atoms with Crippen molar-refractivity contribution < 1.29 is 9.94 Å². The molecule has 0 fully saturated rings. The topological polar surface area (TPSA) is 52.1 Å². The van der Waals surface area contributed by atoms with Gasteiger partial charge in [0, 0.05) is 31.8 Å². The SMILES string of the molecule is CCN(CC)c1ccc(N=Nc2cccc(C)[n+]2O)cc1. The molecule has 21 heavy (non-hydrogen) atoms. The smallest absolute Gasteiger partial charge is 0.372 e. The van der Waals surface area contributed by atoms with Crippen LogP contribution in [0.15, 0.2) is 52.7 Å². The summed E-state index contributed by atoms with van der Waals surface area (Å²) in [6, 6.07) is 13.3. The van der Waals surface area contributed by atoms with Crippen molar-refractivity contribution in [1.29, 1.82) is 0 Å². The number of hydrogen-bond donors (Lipinski definition) is 1. The third kappa shape index (κ3) is 3.56. The van der Waals surface area contributed by atoms with Gasteiger partial charge in [0.25, 0.3) is 0 Å². The number of anilines is 1. The zero-order valence-electron chi connectivity index (χ0n) is 12.7. The van der Waals surface area contributed by atoms with E-state index >= 15 is 0 Å². The fraction of sp³-hybridized carbons (Fsp3) is 0.312. The summed E-state index contributed by atoms with van der Waals surface area (Å²) < 4.78 is 1.02. The second-order valence-electron chi connectivity index (χ2n) is 4.73. The van der Waals surface area contributed by atoms with Crippen molar-refractivity contribution in [2.24, 2.45) is 10.2 Å². The number of aryl methyl sites for hydroxylation is 1. The van der Waals surface area contributed by atoms with Crippen LogP contribution in [-0.2, 0) is 0 Å². The van der Waals surface area contributed by atoms with E-state index in [0.717, 1.165) is 23.5 Å². The Bertz CT molecular complexity index is 619. The van der Waals surface area contributed by atoms with Crippen molar-refractivity contribution in [2.45, 2.75) is 20.8 Å². The molecule has 0 unspecified atom stereocenters. The van der Waals surface area contributed by atoms with Crippen LogP contribution in [0.2, 0.25) is 0 Å². The van der Waals surface area contributed by atoms with Crippen molar-refractivity contribution in [3.05, 3.63) is 48.2 Å². The van der Waals surface area contributed by atoms with Gasteiger partial charge in [0.15, 0.2) is 0 Å². The number of pyridine rings is 1. The predicted octanol–water partition coefficient (Wildman–Crippen LogP) is 3.78. The molecule has 0 aliphatic rings. The Morgan fingerprint density at radius 1 is 1.00 bits per heavy atom. The minimum Gasteiger partial charge on any atom is -0.372 e. The lowest BCUT2D eigenvalue weighted by Crippen LogP contribution is -2.33. The molecule has 2 aromatic rings. The molecule has 1 aromatic heterocycles. The first kappa shape index (κ1) is 15.0. The van der Waals surface area contributed by atoms with Crippen LogP contribution in [0.5, 0.6) is 0 Å². The summed E-state index contributed by atoms with van der Waals surface area (Å²) in [7, 11) is 0. The lowest BCUT2D eigenvalue weighted by Gasteiger charge is -2.20. The first-order valence-corrected chi connectivity index (χ1v) is 7.13. The van der Waals surface area contributed by atoms with Gasteiger partial charge in [0.1, 0.15) is 11.4 Å². The zero-order valence-corrected chi connectivity index (χ0v) is 12.7. The van der Waals surface area contributed by atoms with Crippen molar-refractivity contribution in [1.82, 2.24) is 0 Å². The van der Waals surface area contributed by atoms with Crippen LogP contribution in [-0.4, -0.2) is 18.3 Å². The monoisotopic (exact) mass is 285 g/mol. The van der Waals surface area contributed by atoms with Crippen LogP contribution < -0.4 is 9.63 Å². The average molecular weight is 285 g/mol. The molecule has 0 saturated carbocycles. The Morgan fingerprint density at radius 3 is 2.29 bits per heavy atom. The van der Waals surface area contributed by atoms with E-state index in [0.29, 0.717) is 11.5 Å². The molecule has 0 spiro atoms. The van der Waals surface area contributed by atoms with Crippen molar-refractivity contribution in [3.8, 4) is 0 Å². The van der Waals surface area contributed by atoms with Crippen LogP contribution in [0.4, 0.5) is 17.2 Å². The van der Waals surface area contributed by atoms with E-state index in [9.17, 15) is 5.21 Å². The van der Waals surface area contributed by atoms with Gasteiger partial charge < -0.3 is 10.1 Å². The second-order valence-corrected chi connectivity index (χ2v) is 4.73. The highest BCUT2D eigenvalue weighted by atomic mass is 16.5. The molecule has 5 nitrogen and oxygen atoms in total.